The van der Waals surface area contributed by atoms with E-state index in [1.165, 1.54) is 0 Å². The highest BCUT2D eigenvalue weighted by Crippen LogP contribution is 2.32. The Labute approximate surface area is 143 Å². The second-order valence-electron chi connectivity index (χ2n) is 6.34. The normalized spacial score (nSPS) is 22.1. The average molecular weight is 338 g/mol. The van der Waals surface area contributed by atoms with Gasteiger partial charge in [-0.2, -0.15) is 3.89 Å². The lowest BCUT2D eigenvalue weighted by Crippen LogP contribution is -2.51. The Hall–Kier alpha value is -1.07. The lowest BCUT2D eigenvalue weighted by Gasteiger charge is -2.39. The Balaban J connectivity index is 2.14. The summed E-state index contributed by atoms with van der Waals surface area (Å²) >= 11 is 0.384. The Morgan fingerprint density at radius 1 is 1.35 bits per heavy atom. The molecule has 0 radical (unpaired) electrons. The number of para-hydroxylation sites is 1. The Morgan fingerprint density at radius 2 is 2.04 bits per heavy atom. The van der Waals surface area contributed by atoms with Crippen LogP contribution in [0, 0.1) is 13.8 Å². The molecule has 1 saturated heterocycles. The van der Waals surface area contributed by atoms with Crippen LogP contribution in [0.1, 0.15) is 50.2 Å². The van der Waals surface area contributed by atoms with Crippen molar-refractivity contribution < 1.29 is 8.68 Å². The number of hydrogen-bond acceptors (Lipinski definition) is 3. The van der Waals surface area contributed by atoms with E-state index in [0.29, 0.717) is 12.1 Å². The number of piperidine rings is 1. The van der Waals surface area contributed by atoms with Crippen LogP contribution in [0.5, 0.6) is 0 Å². The maximum atomic E-state index is 13.3. The summed E-state index contributed by atoms with van der Waals surface area (Å²) in [6.07, 6.45) is 4.56. The van der Waals surface area contributed by atoms with Gasteiger partial charge in [0.25, 0.3) is 0 Å². The number of anilines is 1. The van der Waals surface area contributed by atoms with Crippen LogP contribution < -0.4 is 5.32 Å². The largest absolute Gasteiger partial charge is 0.324 e. The van der Waals surface area contributed by atoms with Gasteiger partial charge in [-0.1, -0.05) is 31.5 Å². The highest BCUT2D eigenvalue weighted by molar-refractivity contribution is 7.94. The molecule has 1 aromatic rings. The third-order valence-electron chi connectivity index (χ3n) is 4.60. The molecule has 128 valence electrons. The summed E-state index contributed by atoms with van der Waals surface area (Å²) in [6, 6.07) is 5.75. The van der Waals surface area contributed by atoms with Gasteiger partial charge >= 0.3 is 0 Å². The molecule has 1 aromatic carbocycles. The average Bonchev–Trinajstić information content (AvgIpc) is 2.55. The van der Waals surface area contributed by atoms with Crippen LogP contribution in [0.3, 0.4) is 0 Å². The van der Waals surface area contributed by atoms with Gasteiger partial charge in [-0.25, -0.2) is 0 Å². The summed E-state index contributed by atoms with van der Waals surface area (Å²) < 4.78 is 13.3. The number of likely N-dealkylation sites (tertiary alicyclic amines) is 1. The van der Waals surface area contributed by atoms with Crippen LogP contribution in [-0.4, -0.2) is 28.8 Å². The topological polar surface area (TPSA) is 32.3 Å². The van der Waals surface area contributed by atoms with Gasteiger partial charge in [0.2, 0.25) is 5.91 Å². The number of amides is 1. The monoisotopic (exact) mass is 338 g/mol. The summed E-state index contributed by atoms with van der Waals surface area (Å²) in [5.41, 5.74) is 3.01. The van der Waals surface area contributed by atoms with Crippen molar-refractivity contribution in [2.24, 2.45) is 0 Å². The van der Waals surface area contributed by atoms with E-state index >= 15 is 0 Å². The van der Waals surface area contributed by atoms with Crippen molar-refractivity contribution in [2.45, 2.75) is 64.3 Å². The number of rotatable bonds is 6. The summed E-state index contributed by atoms with van der Waals surface area (Å²) in [7, 11) is 0. The predicted molar refractivity (Wildman–Crippen MR) is 96.3 cm³/mol. The van der Waals surface area contributed by atoms with Gasteiger partial charge in [0.15, 0.2) is 0 Å². The molecule has 0 aromatic heterocycles. The molecule has 0 spiro atoms. The fourth-order valence-corrected chi connectivity index (χ4v) is 3.86. The van der Waals surface area contributed by atoms with E-state index in [2.05, 4.69) is 17.1 Å². The number of aryl methyl sites for hydroxylation is 2. The molecule has 1 heterocycles. The maximum Gasteiger partial charge on any atom is 0.241 e. The Kier molecular flexibility index (Phi) is 6.90. The van der Waals surface area contributed by atoms with Crippen LogP contribution in [0.2, 0.25) is 0 Å². The van der Waals surface area contributed by atoms with Crippen LogP contribution >= 0.6 is 12.1 Å². The Bertz CT molecular complexity index is 518. The zero-order chi connectivity index (χ0) is 16.8. The minimum Gasteiger partial charge on any atom is -0.324 e. The van der Waals surface area contributed by atoms with Crippen molar-refractivity contribution in [3.63, 3.8) is 0 Å². The van der Waals surface area contributed by atoms with Crippen molar-refractivity contribution in [3.05, 3.63) is 29.3 Å². The number of carbonyl (C=O) groups excluding carboxylic acids is 1. The quantitative estimate of drug-likeness (QED) is 0.805. The molecule has 0 bridgehead atoms. The van der Waals surface area contributed by atoms with Gasteiger partial charge in [0.1, 0.15) is 0 Å². The Morgan fingerprint density at radius 3 is 2.65 bits per heavy atom. The molecule has 2 atom stereocenters. The molecule has 5 heteroatoms. The molecule has 1 fully saturated rings. The van der Waals surface area contributed by atoms with Gasteiger partial charge in [-0.05, 0) is 50.7 Å². The van der Waals surface area contributed by atoms with Crippen molar-refractivity contribution in [1.29, 1.82) is 0 Å². The van der Waals surface area contributed by atoms with E-state index in [1.807, 2.05) is 32.0 Å². The standard InChI is InChI=1S/C18H27FN2OS/c1-4-5-12-21-15(10-7-11-16(21)23-19)18(22)20-17-13(2)8-6-9-14(17)3/h6,8-9,15-16H,4-5,7,10-12H2,1-3H3,(H,20,22). The number of nitrogens with one attached hydrogen (secondary N) is 1. The van der Waals surface area contributed by atoms with Gasteiger partial charge in [0, 0.05) is 12.2 Å². The first-order valence-electron chi connectivity index (χ1n) is 8.48. The first-order chi connectivity index (χ1) is 11.1. The van der Waals surface area contributed by atoms with Crippen molar-refractivity contribution >= 4 is 23.7 Å². The number of carbonyl (C=O) groups is 1. The summed E-state index contributed by atoms with van der Waals surface area (Å²) in [5, 5.41) is 2.90. The predicted octanol–water partition coefficient (Wildman–Crippen LogP) is 4.84. The molecule has 1 amide bonds. The lowest BCUT2D eigenvalue weighted by molar-refractivity contribution is -0.122. The fourth-order valence-electron chi connectivity index (χ4n) is 3.25. The molecule has 3 nitrogen and oxygen atoms in total. The summed E-state index contributed by atoms with van der Waals surface area (Å²) in [4.78, 5) is 14.9. The molecule has 2 rings (SSSR count). The van der Waals surface area contributed by atoms with Crippen LogP contribution in [-0.2, 0) is 4.79 Å². The fraction of sp³-hybridized carbons (Fsp3) is 0.611. The molecule has 1 aliphatic heterocycles. The lowest BCUT2D eigenvalue weighted by atomic mass is 10.00. The molecule has 1 aliphatic rings. The van der Waals surface area contributed by atoms with Gasteiger partial charge < -0.3 is 5.32 Å². The van der Waals surface area contributed by atoms with Crippen LogP contribution in [0.25, 0.3) is 0 Å². The number of hydrogen-bond donors (Lipinski definition) is 1. The summed E-state index contributed by atoms with van der Waals surface area (Å²) in [5.74, 6) is -0.00254. The minimum atomic E-state index is -0.234. The second kappa shape index (κ2) is 8.69. The third-order valence-corrected chi connectivity index (χ3v) is 5.32. The van der Waals surface area contributed by atoms with E-state index in [4.69, 9.17) is 0 Å². The van der Waals surface area contributed by atoms with Crippen LogP contribution in [0.15, 0.2) is 18.2 Å². The molecule has 23 heavy (non-hydrogen) atoms. The highest BCUT2D eigenvalue weighted by Gasteiger charge is 2.35. The number of nitrogens with zero attached hydrogens (tertiary/aromatic N) is 1. The second-order valence-corrected chi connectivity index (χ2v) is 7.06. The van der Waals surface area contributed by atoms with Gasteiger partial charge in [-0.15, -0.1) is 0 Å². The zero-order valence-corrected chi connectivity index (χ0v) is 15.1. The van der Waals surface area contributed by atoms with E-state index in [9.17, 15) is 8.68 Å². The summed E-state index contributed by atoms with van der Waals surface area (Å²) in [6.45, 7) is 6.90. The first-order valence-corrected chi connectivity index (χ1v) is 9.26. The molecular formula is C18H27FN2OS. The van der Waals surface area contributed by atoms with Crippen LogP contribution in [0.4, 0.5) is 9.57 Å². The van der Waals surface area contributed by atoms with Crippen molar-refractivity contribution in [1.82, 2.24) is 4.90 Å². The third kappa shape index (κ3) is 4.48. The smallest absolute Gasteiger partial charge is 0.241 e. The SMILES string of the molecule is CCCCN1C(SF)CCCC1C(=O)Nc1c(C)cccc1C. The number of unbranched alkanes of at least 4 members (excludes halogenated alkanes) is 1. The van der Waals surface area contributed by atoms with Gasteiger partial charge in [-0.3, -0.25) is 9.69 Å². The highest BCUT2D eigenvalue weighted by atomic mass is 32.2. The molecule has 2 unspecified atom stereocenters. The van der Waals surface area contributed by atoms with Crippen molar-refractivity contribution in [3.8, 4) is 0 Å². The number of halogens is 1. The van der Waals surface area contributed by atoms with E-state index in [-0.39, 0.29) is 17.3 Å². The molecular weight excluding hydrogens is 311 g/mol. The van der Waals surface area contributed by atoms with E-state index < -0.39 is 0 Å². The van der Waals surface area contributed by atoms with Gasteiger partial charge in [0.05, 0.1) is 23.6 Å². The number of benzene rings is 1. The molecule has 0 aliphatic carbocycles. The first kappa shape index (κ1) is 18.3. The van der Waals surface area contributed by atoms with E-state index in [0.717, 1.165) is 55.5 Å². The maximum absolute atomic E-state index is 13.3. The minimum absolute atomic E-state index is 0.00254. The van der Waals surface area contributed by atoms with E-state index in [1.54, 1.807) is 0 Å². The zero-order valence-electron chi connectivity index (χ0n) is 14.3. The molecule has 1 N–H and O–H groups in total. The van der Waals surface area contributed by atoms with Crippen molar-refractivity contribution in [2.75, 3.05) is 11.9 Å². The molecule has 0 saturated carbocycles.